The Balaban J connectivity index is 2.82. The molecule has 1 heterocycles. The molecule has 0 aromatic carbocycles. The van der Waals surface area contributed by atoms with E-state index >= 15 is 0 Å². The van der Waals surface area contributed by atoms with Gasteiger partial charge in [0.25, 0.3) is 0 Å². The highest BCUT2D eigenvalue weighted by Gasteiger charge is 2.13. The van der Waals surface area contributed by atoms with Gasteiger partial charge in [0.1, 0.15) is 20.0 Å². The number of thioether (sulfide) groups is 1. The second kappa shape index (κ2) is 5.70. The molecular formula is C9H10ClNO4S2. The molecule has 0 spiro atoms. The highest BCUT2D eigenvalue weighted by Crippen LogP contribution is 2.22. The second-order valence-electron chi connectivity index (χ2n) is 3.27. The first kappa shape index (κ1) is 14.3. The summed E-state index contributed by atoms with van der Waals surface area (Å²) in [5.74, 6) is -0.909. The van der Waals surface area contributed by atoms with E-state index in [4.69, 9.17) is 16.7 Å². The molecule has 1 rings (SSSR count). The molecule has 0 bridgehead atoms. The van der Waals surface area contributed by atoms with E-state index in [0.29, 0.717) is 0 Å². The third-order valence-electron chi connectivity index (χ3n) is 1.75. The van der Waals surface area contributed by atoms with E-state index in [-0.39, 0.29) is 27.2 Å². The van der Waals surface area contributed by atoms with E-state index < -0.39 is 15.8 Å². The Hall–Kier alpha value is -0.790. The van der Waals surface area contributed by atoms with Crippen LogP contribution in [-0.4, -0.2) is 42.2 Å². The van der Waals surface area contributed by atoms with Gasteiger partial charge in [-0.05, 0) is 12.1 Å². The molecule has 0 aliphatic carbocycles. The number of hydrogen-bond acceptors (Lipinski definition) is 5. The number of carboxylic acid groups (broad SMARTS) is 1. The molecule has 1 aromatic heterocycles. The van der Waals surface area contributed by atoms with Crippen molar-refractivity contribution in [3.63, 3.8) is 0 Å². The van der Waals surface area contributed by atoms with Crippen molar-refractivity contribution < 1.29 is 18.3 Å². The van der Waals surface area contributed by atoms with Crippen LogP contribution < -0.4 is 0 Å². The molecule has 0 aliphatic heterocycles. The molecule has 0 amide bonds. The summed E-state index contributed by atoms with van der Waals surface area (Å²) in [7, 11) is -3.07. The summed E-state index contributed by atoms with van der Waals surface area (Å²) in [6.45, 7) is 0. The monoisotopic (exact) mass is 295 g/mol. The molecule has 17 heavy (non-hydrogen) atoms. The van der Waals surface area contributed by atoms with E-state index in [1.807, 2.05) is 0 Å². The molecule has 1 N–H and O–H groups in total. The van der Waals surface area contributed by atoms with Gasteiger partial charge in [-0.15, -0.1) is 11.8 Å². The molecule has 94 valence electrons. The Morgan fingerprint density at radius 1 is 1.53 bits per heavy atom. The SMILES string of the molecule is CS(=O)(=O)CCSc1nc(Cl)ccc1C(=O)O. The number of hydrogen-bond donors (Lipinski definition) is 1. The summed E-state index contributed by atoms with van der Waals surface area (Å²) >= 11 is 6.72. The minimum atomic E-state index is -3.07. The summed E-state index contributed by atoms with van der Waals surface area (Å²) in [4.78, 5) is 14.7. The number of nitrogens with zero attached hydrogens (tertiary/aromatic N) is 1. The fourth-order valence-corrected chi connectivity index (χ4v) is 3.39. The van der Waals surface area contributed by atoms with Crippen molar-refractivity contribution in [2.24, 2.45) is 0 Å². The van der Waals surface area contributed by atoms with E-state index in [9.17, 15) is 13.2 Å². The van der Waals surface area contributed by atoms with Crippen molar-refractivity contribution in [1.82, 2.24) is 4.98 Å². The average Bonchev–Trinajstić information content (AvgIpc) is 2.15. The van der Waals surface area contributed by atoms with E-state index in [0.717, 1.165) is 18.0 Å². The molecule has 0 fully saturated rings. The highest BCUT2D eigenvalue weighted by molar-refractivity contribution is 8.00. The Morgan fingerprint density at radius 3 is 2.71 bits per heavy atom. The number of rotatable bonds is 5. The number of pyridine rings is 1. The van der Waals surface area contributed by atoms with Crippen LogP contribution in [0.25, 0.3) is 0 Å². The van der Waals surface area contributed by atoms with Crippen molar-refractivity contribution >= 4 is 39.2 Å². The lowest BCUT2D eigenvalue weighted by atomic mass is 10.3. The van der Waals surface area contributed by atoms with E-state index in [1.165, 1.54) is 12.1 Å². The summed E-state index contributed by atoms with van der Waals surface area (Å²) in [5, 5.41) is 9.31. The van der Waals surface area contributed by atoms with E-state index in [1.54, 1.807) is 0 Å². The van der Waals surface area contributed by atoms with E-state index in [2.05, 4.69) is 4.98 Å². The average molecular weight is 296 g/mol. The van der Waals surface area contributed by atoms with Crippen LogP contribution in [-0.2, 0) is 9.84 Å². The lowest BCUT2D eigenvalue weighted by Crippen LogP contribution is -2.07. The molecule has 0 unspecified atom stereocenters. The van der Waals surface area contributed by atoms with Gasteiger partial charge in [0.2, 0.25) is 0 Å². The molecule has 0 atom stereocenters. The number of halogens is 1. The first-order valence-electron chi connectivity index (χ1n) is 4.50. The lowest BCUT2D eigenvalue weighted by molar-refractivity contribution is 0.0692. The topological polar surface area (TPSA) is 84.3 Å². The quantitative estimate of drug-likeness (QED) is 0.655. The fraction of sp³-hybridized carbons (Fsp3) is 0.333. The zero-order chi connectivity index (χ0) is 13.1. The van der Waals surface area contributed by atoms with Gasteiger partial charge < -0.3 is 5.11 Å². The van der Waals surface area contributed by atoms with Gasteiger partial charge in [0.05, 0.1) is 11.3 Å². The van der Waals surface area contributed by atoms with Crippen molar-refractivity contribution in [3.8, 4) is 0 Å². The zero-order valence-corrected chi connectivity index (χ0v) is 11.3. The van der Waals surface area contributed by atoms with Crippen molar-refractivity contribution in [2.45, 2.75) is 5.03 Å². The van der Waals surface area contributed by atoms with Crippen LogP contribution in [0.1, 0.15) is 10.4 Å². The van der Waals surface area contributed by atoms with Gasteiger partial charge in [0.15, 0.2) is 0 Å². The standard InChI is InChI=1S/C9H10ClNO4S2/c1-17(14,15)5-4-16-8-6(9(12)13)2-3-7(10)11-8/h2-3H,4-5H2,1H3,(H,12,13). The molecule has 0 saturated heterocycles. The largest absolute Gasteiger partial charge is 0.478 e. The van der Waals surface area contributed by atoms with Crippen molar-refractivity contribution in [2.75, 3.05) is 17.8 Å². The smallest absolute Gasteiger partial charge is 0.338 e. The molecule has 0 radical (unpaired) electrons. The van der Waals surface area contributed by atoms with Crippen LogP contribution in [0, 0.1) is 0 Å². The normalized spacial score (nSPS) is 11.4. The van der Waals surface area contributed by atoms with Crippen LogP contribution in [0.5, 0.6) is 0 Å². The van der Waals surface area contributed by atoms with Crippen LogP contribution in [0.2, 0.25) is 5.15 Å². The van der Waals surface area contributed by atoms with Gasteiger partial charge >= 0.3 is 5.97 Å². The fourth-order valence-electron chi connectivity index (χ4n) is 0.980. The summed E-state index contributed by atoms with van der Waals surface area (Å²) in [5.41, 5.74) is 0.0212. The molecule has 8 heteroatoms. The number of aromatic nitrogens is 1. The van der Waals surface area contributed by atoms with Crippen molar-refractivity contribution in [1.29, 1.82) is 0 Å². The lowest BCUT2D eigenvalue weighted by Gasteiger charge is -2.04. The summed E-state index contributed by atoms with van der Waals surface area (Å²) < 4.78 is 21.9. The van der Waals surface area contributed by atoms with Crippen LogP contribution in [0.3, 0.4) is 0 Å². The van der Waals surface area contributed by atoms with Gasteiger partial charge in [-0.3, -0.25) is 0 Å². The minimum absolute atomic E-state index is 0.0212. The summed E-state index contributed by atoms with van der Waals surface area (Å²) in [6.07, 6.45) is 1.12. The molecule has 0 saturated carbocycles. The highest BCUT2D eigenvalue weighted by atomic mass is 35.5. The Bertz CT molecular complexity index is 530. The first-order chi connectivity index (χ1) is 7.79. The third-order valence-corrected chi connectivity index (χ3v) is 4.16. The van der Waals surface area contributed by atoms with Crippen LogP contribution >= 0.6 is 23.4 Å². The van der Waals surface area contributed by atoms with Crippen LogP contribution in [0.4, 0.5) is 0 Å². The Morgan fingerprint density at radius 2 is 2.18 bits per heavy atom. The van der Waals surface area contributed by atoms with Crippen molar-refractivity contribution in [3.05, 3.63) is 22.8 Å². The predicted molar refractivity (Wildman–Crippen MR) is 66.6 cm³/mol. The number of aromatic carboxylic acids is 1. The predicted octanol–water partition coefficient (Wildman–Crippen LogP) is 1.57. The summed E-state index contributed by atoms with van der Waals surface area (Å²) in [6, 6.07) is 2.73. The van der Waals surface area contributed by atoms with Gasteiger partial charge in [-0.25, -0.2) is 18.2 Å². The number of carboxylic acids is 1. The molecule has 0 aliphatic rings. The van der Waals surface area contributed by atoms with Crippen LogP contribution in [0.15, 0.2) is 17.2 Å². The second-order valence-corrected chi connectivity index (χ2v) is 7.00. The van der Waals surface area contributed by atoms with Gasteiger partial charge in [-0.1, -0.05) is 11.6 Å². The maximum absolute atomic E-state index is 10.9. The number of sulfone groups is 1. The Kier molecular flexibility index (Phi) is 4.79. The molecule has 1 aromatic rings. The third kappa shape index (κ3) is 4.93. The van der Waals surface area contributed by atoms with Gasteiger partial charge in [0, 0.05) is 12.0 Å². The molecular weight excluding hydrogens is 286 g/mol. The minimum Gasteiger partial charge on any atom is -0.478 e. The zero-order valence-electron chi connectivity index (χ0n) is 8.88. The Labute approximate surface area is 108 Å². The van der Waals surface area contributed by atoms with Gasteiger partial charge in [-0.2, -0.15) is 0 Å². The maximum Gasteiger partial charge on any atom is 0.338 e. The maximum atomic E-state index is 10.9. The first-order valence-corrected chi connectivity index (χ1v) is 7.92. The molecule has 5 nitrogen and oxygen atoms in total. The number of carbonyl (C=O) groups is 1.